The van der Waals surface area contributed by atoms with Gasteiger partial charge in [-0.25, -0.2) is 4.79 Å². The molecule has 0 radical (unpaired) electrons. The molecular weight excluding hydrogens is 228 g/mol. The maximum Gasteiger partial charge on any atom is 0.411 e. The first-order valence-corrected chi connectivity index (χ1v) is 6.43. The fourth-order valence-corrected chi connectivity index (χ4v) is 2.94. The number of carbonyl (C=O) groups excluding carboxylic acids is 1. The minimum Gasteiger partial charge on any atom is -0.444 e. The van der Waals surface area contributed by atoms with Gasteiger partial charge in [0.05, 0.1) is 17.8 Å². The summed E-state index contributed by atoms with van der Waals surface area (Å²) >= 11 is 0. The Labute approximate surface area is 107 Å². The summed E-state index contributed by atoms with van der Waals surface area (Å²) in [4.78, 5) is 18.6. The molecule has 4 heteroatoms. The van der Waals surface area contributed by atoms with Gasteiger partial charge in [-0.2, -0.15) is 0 Å². The van der Waals surface area contributed by atoms with Crippen LogP contribution in [0.2, 0.25) is 0 Å². The quantitative estimate of drug-likeness (QED) is 0.706. The third-order valence-corrected chi connectivity index (χ3v) is 3.54. The van der Waals surface area contributed by atoms with E-state index < -0.39 is 5.60 Å². The van der Waals surface area contributed by atoms with E-state index >= 15 is 0 Å². The van der Waals surface area contributed by atoms with Gasteiger partial charge in [0.25, 0.3) is 0 Å². The zero-order valence-corrected chi connectivity index (χ0v) is 11.0. The molecule has 4 nitrogen and oxygen atoms in total. The highest BCUT2D eigenvalue weighted by Gasteiger charge is 2.48. The number of hydrogen-bond acceptors (Lipinski definition) is 3. The molecule has 0 aromatic carbocycles. The fraction of sp³-hybridized carbons (Fsp3) is 0.571. The monoisotopic (exact) mass is 246 g/mol. The Balaban J connectivity index is 1.88. The van der Waals surface area contributed by atoms with E-state index in [1.807, 2.05) is 31.7 Å². The minimum atomic E-state index is -0.446. The van der Waals surface area contributed by atoms with Gasteiger partial charge in [0.1, 0.15) is 5.60 Å². The SMILES string of the molecule is CC(C)(C)OC(=O)N1[C@@H]2CC[C@H]1c1ncccc12. The maximum absolute atomic E-state index is 12.3. The average Bonchev–Trinajstić information content (AvgIpc) is 2.83. The van der Waals surface area contributed by atoms with E-state index in [2.05, 4.69) is 11.1 Å². The molecule has 2 atom stereocenters. The third kappa shape index (κ3) is 1.67. The normalized spacial score (nSPS) is 25.2. The lowest BCUT2D eigenvalue weighted by atomic mass is 9.96. The second kappa shape index (κ2) is 3.70. The van der Waals surface area contributed by atoms with Crippen molar-refractivity contribution in [2.75, 3.05) is 0 Å². The summed E-state index contributed by atoms with van der Waals surface area (Å²) in [5.41, 5.74) is 1.80. The van der Waals surface area contributed by atoms with Crippen LogP contribution in [-0.4, -0.2) is 21.6 Å². The summed E-state index contributed by atoms with van der Waals surface area (Å²) in [7, 11) is 0. The van der Waals surface area contributed by atoms with Crippen molar-refractivity contribution < 1.29 is 9.53 Å². The lowest BCUT2D eigenvalue weighted by Gasteiger charge is -2.27. The van der Waals surface area contributed by atoms with Gasteiger partial charge >= 0.3 is 6.09 Å². The molecule has 0 aliphatic carbocycles. The number of ether oxygens (including phenoxy) is 1. The molecule has 1 fully saturated rings. The van der Waals surface area contributed by atoms with Gasteiger partial charge in [-0.3, -0.25) is 9.88 Å². The molecule has 1 aromatic heterocycles. The van der Waals surface area contributed by atoms with Crippen LogP contribution in [0.3, 0.4) is 0 Å². The number of hydrogen-bond donors (Lipinski definition) is 0. The molecule has 1 saturated heterocycles. The molecule has 1 aromatic rings. The average molecular weight is 246 g/mol. The van der Waals surface area contributed by atoms with Crippen molar-refractivity contribution in [2.45, 2.75) is 51.3 Å². The predicted octanol–water partition coefficient (Wildman–Crippen LogP) is 3.21. The molecule has 18 heavy (non-hydrogen) atoms. The van der Waals surface area contributed by atoms with Crippen LogP contribution in [-0.2, 0) is 4.74 Å². The van der Waals surface area contributed by atoms with E-state index in [0.717, 1.165) is 18.5 Å². The van der Waals surface area contributed by atoms with E-state index in [1.54, 1.807) is 6.20 Å². The van der Waals surface area contributed by atoms with E-state index in [-0.39, 0.29) is 18.2 Å². The van der Waals surface area contributed by atoms with Crippen LogP contribution in [0.15, 0.2) is 18.3 Å². The van der Waals surface area contributed by atoms with Crippen LogP contribution in [0.4, 0.5) is 4.79 Å². The van der Waals surface area contributed by atoms with Gasteiger partial charge in [0, 0.05) is 6.20 Å². The molecule has 3 heterocycles. The highest BCUT2D eigenvalue weighted by Crippen LogP contribution is 2.52. The molecule has 0 N–H and O–H groups in total. The zero-order valence-electron chi connectivity index (χ0n) is 11.0. The molecule has 2 aliphatic heterocycles. The number of pyridine rings is 1. The summed E-state index contributed by atoms with van der Waals surface area (Å²) in [5.74, 6) is 0. The molecule has 1 amide bonds. The van der Waals surface area contributed by atoms with Crippen LogP contribution < -0.4 is 0 Å². The lowest BCUT2D eigenvalue weighted by Crippen LogP contribution is -2.34. The summed E-state index contributed by atoms with van der Waals surface area (Å²) in [5, 5.41) is 0. The molecule has 0 saturated carbocycles. The second-order valence-corrected chi connectivity index (χ2v) is 5.97. The second-order valence-electron chi connectivity index (χ2n) is 5.97. The standard InChI is InChI=1S/C14H18N2O2/c1-14(2,3)18-13(17)16-10-6-7-11(16)12-9(10)5-4-8-15-12/h4-5,8,10-11H,6-7H2,1-3H3/t10-,11+/m1/s1. The summed E-state index contributed by atoms with van der Waals surface area (Å²) < 4.78 is 5.49. The Kier molecular flexibility index (Phi) is 2.37. The topological polar surface area (TPSA) is 42.4 Å². The molecule has 96 valence electrons. The van der Waals surface area contributed by atoms with Gasteiger partial charge in [-0.15, -0.1) is 0 Å². The van der Waals surface area contributed by atoms with Crippen molar-refractivity contribution in [1.29, 1.82) is 0 Å². The van der Waals surface area contributed by atoms with Crippen LogP contribution in [0.5, 0.6) is 0 Å². The largest absolute Gasteiger partial charge is 0.444 e. The van der Waals surface area contributed by atoms with Gasteiger partial charge in [-0.05, 0) is 45.2 Å². The first-order valence-electron chi connectivity index (χ1n) is 6.43. The van der Waals surface area contributed by atoms with Crippen molar-refractivity contribution in [3.05, 3.63) is 29.6 Å². The Morgan fingerprint density at radius 3 is 2.78 bits per heavy atom. The molecule has 2 aliphatic rings. The highest BCUT2D eigenvalue weighted by atomic mass is 16.6. The highest BCUT2D eigenvalue weighted by molar-refractivity contribution is 5.71. The Bertz CT molecular complexity index is 462. The molecule has 2 bridgehead atoms. The number of amides is 1. The van der Waals surface area contributed by atoms with Crippen molar-refractivity contribution in [3.63, 3.8) is 0 Å². The van der Waals surface area contributed by atoms with Gasteiger partial charge in [-0.1, -0.05) is 6.07 Å². The van der Waals surface area contributed by atoms with Crippen molar-refractivity contribution in [3.8, 4) is 0 Å². The van der Waals surface area contributed by atoms with E-state index in [4.69, 9.17) is 4.74 Å². The molecular formula is C14H18N2O2. The van der Waals surface area contributed by atoms with Crippen LogP contribution in [0.1, 0.15) is 57.0 Å². The maximum atomic E-state index is 12.3. The van der Waals surface area contributed by atoms with Crippen LogP contribution in [0, 0.1) is 0 Å². The Hall–Kier alpha value is -1.58. The first-order chi connectivity index (χ1) is 8.47. The number of carbonyl (C=O) groups is 1. The number of nitrogens with zero attached hydrogens (tertiary/aromatic N) is 2. The Morgan fingerprint density at radius 1 is 1.39 bits per heavy atom. The lowest BCUT2D eigenvalue weighted by molar-refractivity contribution is 0.0176. The van der Waals surface area contributed by atoms with Crippen molar-refractivity contribution in [1.82, 2.24) is 9.88 Å². The summed E-state index contributed by atoms with van der Waals surface area (Å²) in [6.07, 6.45) is 3.59. The smallest absolute Gasteiger partial charge is 0.411 e. The summed E-state index contributed by atoms with van der Waals surface area (Å²) in [6, 6.07) is 4.28. The fourth-order valence-electron chi connectivity index (χ4n) is 2.94. The molecule has 3 rings (SSSR count). The van der Waals surface area contributed by atoms with Crippen molar-refractivity contribution in [2.24, 2.45) is 0 Å². The van der Waals surface area contributed by atoms with Gasteiger partial charge < -0.3 is 4.74 Å². The van der Waals surface area contributed by atoms with Crippen molar-refractivity contribution >= 4 is 6.09 Å². The van der Waals surface area contributed by atoms with Gasteiger partial charge in [0.15, 0.2) is 0 Å². The van der Waals surface area contributed by atoms with E-state index in [9.17, 15) is 4.79 Å². The van der Waals surface area contributed by atoms with E-state index in [1.165, 1.54) is 5.56 Å². The molecule has 0 unspecified atom stereocenters. The number of fused-ring (bicyclic) bond motifs is 5. The zero-order chi connectivity index (χ0) is 12.9. The van der Waals surface area contributed by atoms with Crippen LogP contribution in [0.25, 0.3) is 0 Å². The summed E-state index contributed by atoms with van der Waals surface area (Å²) in [6.45, 7) is 5.69. The van der Waals surface area contributed by atoms with Gasteiger partial charge in [0.2, 0.25) is 0 Å². The number of aromatic nitrogens is 1. The minimum absolute atomic E-state index is 0.112. The predicted molar refractivity (Wildman–Crippen MR) is 67.0 cm³/mol. The first kappa shape index (κ1) is 11.5. The number of rotatable bonds is 0. The Morgan fingerprint density at radius 2 is 2.11 bits per heavy atom. The van der Waals surface area contributed by atoms with Crippen LogP contribution >= 0.6 is 0 Å². The van der Waals surface area contributed by atoms with E-state index in [0.29, 0.717) is 0 Å². The molecule has 0 spiro atoms. The third-order valence-electron chi connectivity index (χ3n) is 3.54.